The summed E-state index contributed by atoms with van der Waals surface area (Å²) in [7, 11) is 0. The molecule has 0 spiro atoms. The molecule has 1 aromatic carbocycles. The fraction of sp³-hybridized carbons (Fsp3) is 0.364. The highest BCUT2D eigenvalue weighted by molar-refractivity contribution is 6.18. The van der Waals surface area contributed by atoms with Crippen LogP contribution >= 0.6 is 11.6 Å². The highest BCUT2D eigenvalue weighted by Crippen LogP contribution is 2.15. The fourth-order valence-corrected chi connectivity index (χ4v) is 1.38. The number of hydrogen-bond donors (Lipinski definition) is 1. The Balaban J connectivity index is 2.33. The number of hydrogen-bond acceptors (Lipinski definition) is 5. The number of alkyl halides is 1. The number of carboxylic acids is 1. The maximum atomic E-state index is 10.6. The molecule has 0 amide bonds. The van der Waals surface area contributed by atoms with Crippen LogP contribution in [0.3, 0.4) is 0 Å². The van der Waals surface area contributed by atoms with E-state index in [4.69, 9.17) is 26.2 Å². The van der Waals surface area contributed by atoms with E-state index < -0.39 is 16.6 Å². The molecule has 1 rings (SSSR count). The van der Waals surface area contributed by atoms with E-state index in [9.17, 15) is 14.9 Å². The van der Waals surface area contributed by atoms with Gasteiger partial charge in [0.1, 0.15) is 5.75 Å². The molecule has 0 aromatic heterocycles. The average molecular weight is 290 g/mol. The van der Waals surface area contributed by atoms with Crippen molar-refractivity contribution in [1.82, 2.24) is 0 Å². The van der Waals surface area contributed by atoms with E-state index in [0.29, 0.717) is 5.75 Å². The first kappa shape index (κ1) is 15.2. The second-order valence-corrected chi connectivity index (χ2v) is 3.86. The van der Waals surface area contributed by atoms with Crippen LogP contribution in [0.15, 0.2) is 24.3 Å². The van der Waals surface area contributed by atoms with Gasteiger partial charge in [-0.3, -0.25) is 10.1 Å². The lowest BCUT2D eigenvalue weighted by Crippen LogP contribution is -2.16. The maximum Gasteiger partial charge on any atom is 0.335 e. The van der Waals surface area contributed by atoms with Crippen molar-refractivity contribution in [3.63, 3.8) is 0 Å². The largest absolute Gasteiger partial charge is 0.478 e. The molecule has 0 aliphatic rings. The summed E-state index contributed by atoms with van der Waals surface area (Å²) in [6.45, 7) is -0.0979. The van der Waals surface area contributed by atoms with E-state index in [2.05, 4.69) is 0 Å². The van der Waals surface area contributed by atoms with Gasteiger partial charge in [0.15, 0.2) is 0 Å². The van der Waals surface area contributed by atoms with Gasteiger partial charge >= 0.3 is 5.97 Å². The molecule has 7 nitrogen and oxygen atoms in total. The zero-order chi connectivity index (χ0) is 14.3. The van der Waals surface area contributed by atoms with E-state index >= 15 is 0 Å². The van der Waals surface area contributed by atoms with Crippen molar-refractivity contribution >= 4 is 17.6 Å². The molecule has 0 heterocycles. The first-order valence-corrected chi connectivity index (χ1v) is 5.80. The number of rotatable bonds is 8. The molecule has 0 unspecified atom stereocenters. The topological polar surface area (TPSA) is 98.9 Å². The van der Waals surface area contributed by atoms with Crippen molar-refractivity contribution < 1.29 is 24.3 Å². The van der Waals surface area contributed by atoms with Gasteiger partial charge in [-0.1, -0.05) is 0 Å². The van der Waals surface area contributed by atoms with Gasteiger partial charge in [-0.25, -0.2) is 4.79 Å². The fourth-order valence-electron chi connectivity index (χ4n) is 1.19. The van der Waals surface area contributed by atoms with E-state index in [1.807, 2.05) is 0 Å². The third kappa shape index (κ3) is 6.03. The van der Waals surface area contributed by atoms with Crippen LogP contribution in [0.2, 0.25) is 0 Å². The molecule has 0 aliphatic carbocycles. The summed E-state index contributed by atoms with van der Waals surface area (Å²) < 4.78 is 10.1. The molecule has 0 radical (unpaired) electrons. The summed E-state index contributed by atoms with van der Waals surface area (Å²) in [6.07, 6.45) is 0.234. The molecule has 0 saturated carbocycles. The number of nitro groups is 1. The molecule has 1 N–H and O–H groups in total. The van der Waals surface area contributed by atoms with E-state index in [1.165, 1.54) is 24.3 Å². The lowest BCUT2D eigenvalue weighted by Gasteiger charge is -2.12. The zero-order valence-electron chi connectivity index (χ0n) is 9.82. The highest BCUT2D eigenvalue weighted by atomic mass is 35.5. The number of benzene rings is 1. The lowest BCUT2D eigenvalue weighted by molar-refractivity contribution is -0.481. The molecule has 19 heavy (non-hydrogen) atoms. The Labute approximate surface area is 113 Å². The van der Waals surface area contributed by atoms with Crippen molar-refractivity contribution in [3.8, 4) is 5.75 Å². The quantitative estimate of drug-likeness (QED) is 0.258. The summed E-state index contributed by atoms with van der Waals surface area (Å²) in [5.74, 6) is -1.77. The van der Waals surface area contributed by atoms with Crippen LogP contribution in [0.4, 0.5) is 0 Å². The summed E-state index contributed by atoms with van der Waals surface area (Å²) in [4.78, 5) is 20.2. The molecule has 1 atom stereocenters. The minimum absolute atomic E-state index is 0.0996. The summed E-state index contributed by atoms with van der Waals surface area (Å²) in [5.41, 5.74) is 0.130. The second-order valence-electron chi connectivity index (χ2n) is 3.50. The predicted octanol–water partition coefficient (Wildman–Crippen LogP) is 1.97. The van der Waals surface area contributed by atoms with Crippen molar-refractivity contribution in [2.75, 3.05) is 13.2 Å². The second kappa shape index (κ2) is 7.55. The number of halogens is 1. The molecule has 8 heteroatoms. The third-order valence-corrected chi connectivity index (χ3v) is 2.28. The Morgan fingerprint density at radius 3 is 2.58 bits per heavy atom. The Hall–Kier alpha value is -1.86. The lowest BCUT2D eigenvalue weighted by atomic mass is 10.2. The first-order valence-electron chi connectivity index (χ1n) is 5.36. The Kier molecular flexibility index (Phi) is 6.04. The Morgan fingerprint density at radius 2 is 2.05 bits per heavy atom. The molecule has 0 aliphatic heterocycles. The minimum atomic E-state index is -1.08. The molecule has 1 aromatic rings. The van der Waals surface area contributed by atoms with Crippen LogP contribution in [0.5, 0.6) is 5.75 Å². The smallest absolute Gasteiger partial charge is 0.335 e. The monoisotopic (exact) mass is 289 g/mol. The molecular weight excluding hydrogens is 278 g/mol. The van der Waals surface area contributed by atoms with Gasteiger partial charge in [0, 0.05) is 11.3 Å². The van der Waals surface area contributed by atoms with Crippen LogP contribution in [-0.2, 0) is 4.74 Å². The van der Waals surface area contributed by atoms with E-state index in [0.717, 1.165) is 0 Å². The zero-order valence-corrected chi connectivity index (χ0v) is 10.6. The van der Waals surface area contributed by atoms with Crippen molar-refractivity contribution in [1.29, 1.82) is 0 Å². The number of aromatic carboxylic acids is 1. The average Bonchev–Trinajstić information content (AvgIpc) is 2.35. The summed E-state index contributed by atoms with van der Waals surface area (Å²) in [5, 5.41) is 18.8. The van der Waals surface area contributed by atoms with Crippen LogP contribution < -0.4 is 4.74 Å². The number of carbonyl (C=O) groups is 1. The van der Waals surface area contributed by atoms with Gasteiger partial charge in [0.2, 0.25) is 6.54 Å². The third-order valence-electron chi connectivity index (χ3n) is 2.06. The minimum Gasteiger partial charge on any atom is -0.478 e. The number of ether oxygens (including phenoxy) is 2. The van der Waals surface area contributed by atoms with Crippen molar-refractivity contribution in [2.24, 2.45) is 0 Å². The maximum absolute atomic E-state index is 10.6. The van der Waals surface area contributed by atoms with E-state index in [1.54, 1.807) is 0 Å². The standard InChI is InChI=1S/C11H12ClNO6/c12-11(18-7-1-6-13(16)17)19-9-4-2-8(3-5-9)10(14)15/h2-5,11H,1,6-7H2,(H,14,15)/t11-/m0/s1. The normalized spacial score (nSPS) is 11.8. The van der Waals surface area contributed by atoms with Gasteiger partial charge in [0.05, 0.1) is 12.2 Å². The highest BCUT2D eigenvalue weighted by Gasteiger charge is 2.08. The molecule has 0 saturated heterocycles. The van der Waals surface area contributed by atoms with Crippen LogP contribution in [0.1, 0.15) is 16.8 Å². The number of nitrogens with zero attached hydrogens (tertiary/aromatic N) is 1. The van der Waals surface area contributed by atoms with Crippen LogP contribution in [-0.4, -0.2) is 34.9 Å². The summed E-state index contributed by atoms with van der Waals surface area (Å²) >= 11 is 5.70. The first-order chi connectivity index (χ1) is 8.99. The van der Waals surface area contributed by atoms with E-state index in [-0.39, 0.29) is 25.1 Å². The van der Waals surface area contributed by atoms with Gasteiger partial charge < -0.3 is 14.6 Å². The van der Waals surface area contributed by atoms with Gasteiger partial charge in [-0.15, -0.1) is 0 Å². The van der Waals surface area contributed by atoms with Crippen LogP contribution in [0, 0.1) is 10.1 Å². The van der Waals surface area contributed by atoms with Gasteiger partial charge in [-0.05, 0) is 35.9 Å². The van der Waals surface area contributed by atoms with Crippen molar-refractivity contribution in [3.05, 3.63) is 39.9 Å². The summed E-state index contributed by atoms with van der Waals surface area (Å²) in [6, 6.07) is 5.63. The molecular formula is C11H12ClNO6. The molecule has 0 bridgehead atoms. The molecule has 0 fully saturated rings. The Morgan fingerprint density at radius 1 is 1.42 bits per heavy atom. The van der Waals surface area contributed by atoms with Crippen LogP contribution in [0.25, 0.3) is 0 Å². The van der Waals surface area contributed by atoms with Gasteiger partial charge in [0.25, 0.3) is 5.75 Å². The van der Waals surface area contributed by atoms with Crippen molar-refractivity contribution in [2.45, 2.75) is 12.2 Å². The predicted molar refractivity (Wildman–Crippen MR) is 66.1 cm³/mol. The Bertz CT molecular complexity index is 435. The SMILES string of the molecule is O=C(O)c1ccc(O[C@@H](Cl)OCCC[N+](=O)[O-])cc1. The number of carboxylic acid groups (broad SMARTS) is 1. The molecule has 104 valence electrons. The van der Waals surface area contributed by atoms with Gasteiger partial charge in [-0.2, -0.15) is 0 Å².